The van der Waals surface area contributed by atoms with Crippen LogP contribution in [0.3, 0.4) is 0 Å². The third kappa shape index (κ3) is 4.39. The molecule has 1 saturated heterocycles. The molecule has 33 heavy (non-hydrogen) atoms. The Balaban J connectivity index is 1.34. The van der Waals surface area contributed by atoms with E-state index in [1.54, 1.807) is 12.4 Å². The molecule has 1 fully saturated rings. The summed E-state index contributed by atoms with van der Waals surface area (Å²) in [6, 6.07) is 20.2. The minimum atomic E-state index is 0.0500. The average Bonchev–Trinajstić information content (AvgIpc) is 3.31. The number of rotatable bonds is 6. The fourth-order valence-electron chi connectivity index (χ4n) is 4.37. The van der Waals surface area contributed by atoms with Gasteiger partial charge in [-0.15, -0.1) is 0 Å². The van der Waals surface area contributed by atoms with Crippen LogP contribution in [0.5, 0.6) is 0 Å². The maximum absolute atomic E-state index is 13.3. The van der Waals surface area contributed by atoms with Crippen molar-refractivity contribution in [3.8, 4) is 0 Å². The highest BCUT2D eigenvalue weighted by molar-refractivity contribution is 5.94. The van der Waals surface area contributed by atoms with Gasteiger partial charge in [-0.05, 0) is 42.8 Å². The second kappa shape index (κ2) is 9.32. The van der Waals surface area contributed by atoms with Gasteiger partial charge in [-0.2, -0.15) is 0 Å². The molecule has 4 heterocycles. The van der Waals surface area contributed by atoms with Crippen molar-refractivity contribution in [1.82, 2.24) is 19.3 Å². The van der Waals surface area contributed by atoms with E-state index in [-0.39, 0.29) is 5.91 Å². The predicted octanol–water partition coefficient (Wildman–Crippen LogP) is 3.72. The molecule has 5 rings (SSSR count). The third-order valence-electron chi connectivity index (χ3n) is 6.20. The number of anilines is 2. The summed E-state index contributed by atoms with van der Waals surface area (Å²) in [5.41, 5.74) is 2.92. The van der Waals surface area contributed by atoms with Gasteiger partial charge in [0.15, 0.2) is 0 Å². The van der Waals surface area contributed by atoms with Crippen molar-refractivity contribution in [3.05, 3.63) is 90.4 Å². The number of aromatic nitrogens is 3. The highest BCUT2D eigenvalue weighted by Crippen LogP contribution is 2.23. The molecule has 168 valence electrons. The Morgan fingerprint density at radius 3 is 2.30 bits per heavy atom. The number of nitrogens with zero attached hydrogens (tertiary/aromatic N) is 6. The molecule has 7 heteroatoms. The van der Waals surface area contributed by atoms with Gasteiger partial charge in [-0.3, -0.25) is 4.79 Å². The van der Waals surface area contributed by atoms with Crippen molar-refractivity contribution >= 4 is 23.2 Å². The van der Waals surface area contributed by atoms with Crippen LogP contribution >= 0.6 is 0 Å². The molecular weight excluding hydrogens is 412 g/mol. The first-order chi connectivity index (χ1) is 16.2. The summed E-state index contributed by atoms with van der Waals surface area (Å²) in [7, 11) is 0. The van der Waals surface area contributed by atoms with Gasteiger partial charge in [0, 0.05) is 63.4 Å². The van der Waals surface area contributed by atoms with Gasteiger partial charge >= 0.3 is 0 Å². The monoisotopic (exact) mass is 440 g/mol. The van der Waals surface area contributed by atoms with Crippen LogP contribution in [0.25, 0.3) is 5.52 Å². The van der Waals surface area contributed by atoms with Crippen LogP contribution < -0.4 is 9.80 Å². The van der Waals surface area contributed by atoms with Gasteiger partial charge in [0.05, 0.1) is 5.56 Å². The summed E-state index contributed by atoms with van der Waals surface area (Å²) in [6.07, 6.45) is 5.55. The minimum absolute atomic E-state index is 0.0500. The molecule has 0 unspecified atom stereocenters. The van der Waals surface area contributed by atoms with Crippen LogP contribution in [-0.4, -0.2) is 57.9 Å². The Labute approximate surface area is 193 Å². The number of amides is 1. The van der Waals surface area contributed by atoms with E-state index in [9.17, 15) is 4.79 Å². The molecule has 0 aliphatic carbocycles. The lowest BCUT2D eigenvalue weighted by atomic mass is 10.2. The Morgan fingerprint density at radius 1 is 0.879 bits per heavy atom. The first kappa shape index (κ1) is 21.0. The molecule has 1 amide bonds. The van der Waals surface area contributed by atoms with E-state index in [0.717, 1.165) is 49.0 Å². The standard InChI is InChI=1S/C26H28N6O/c1-2-29(19-21-7-4-3-5-8-21)25(33)22-9-10-23-11-12-24(32(23)20-22)30-15-17-31(18-16-30)26-27-13-6-14-28-26/h3-14,20H,2,15-19H2,1H3. The second-order valence-electron chi connectivity index (χ2n) is 8.23. The number of pyridine rings is 1. The highest BCUT2D eigenvalue weighted by Gasteiger charge is 2.22. The van der Waals surface area contributed by atoms with E-state index in [1.807, 2.05) is 54.4 Å². The van der Waals surface area contributed by atoms with Crippen LogP contribution in [0, 0.1) is 0 Å². The molecule has 4 aromatic rings. The number of hydrogen-bond donors (Lipinski definition) is 0. The fraction of sp³-hybridized carbons (Fsp3) is 0.269. The lowest BCUT2D eigenvalue weighted by Crippen LogP contribution is -2.47. The maximum Gasteiger partial charge on any atom is 0.255 e. The van der Waals surface area contributed by atoms with Gasteiger partial charge in [0.2, 0.25) is 5.95 Å². The molecule has 1 aliphatic heterocycles. The van der Waals surface area contributed by atoms with E-state index in [4.69, 9.17) is 0 Å². The molecule has 0 N–H and O–H groups in total. The number of fused-ring (bicyclic) bond motifs is 1. The summed E-state index contributed by atoms with van der Waals surface area (Å²) in [6.45, 7) is 6.75. The molecule has 0 spiro atoms. The molecule has 0 bridgehead atoms. The van der Waals surface area contributed by atoms with E-state index in [1.165, 1.54) is 0 Å². The Hall–Kier alpha value is -3.87. The van der Waals surface area contributed by atoms with Crippen molar-refractivity contribution < 1.29 is 4.79 Å². The SMILES string of the molecule is CCN(Cc1ccccc1)C(=O)c1ccc2ccc(N3CCN(c4ncccn4)CC3)n2c1. The predicted molar refractivity (Wildman–Crippen MR) is 131 cm³/mol. The number of benzene rings is 1. The fourth-order valence-corrected chi connectivity index (χ4v) is 4.37. The van der Waals surface area contributed by atoms with E-state index < -0.39 is 0 Å². The second-order valence-corrected chi connectivity index (χ2v) is 8.23. The molecular formula is C26H28N6O. The van der Waals surface area contributed by atoms with Crippen molar-refractivity contribution in [2.24, 2.45) is 0 Å². The van der Waals surface area contributed by atoms with Crippen LogP contribution in [0.2, 0.25) is 0 Å². The lowest BCUT2D eigenvalue weighted by molar-refractivity contribution is 0.0752. The summed E-state index contributed by atoms with van der Waals surface area (Å²) in [5, 5.41) is 0. The van der Waals surface area contributed by atoms with Gasteiger partial charge in [0.25, 0.3) is 5.91 Å². The van der Waals surface area contributed by atoms with E-state index in [2.05, 4.69) is 48.4 Å². The number of carbonyl (C=O) groups is 1. The van der Waals surface area contributed by atoms with Crippen LogP contribution in [0.4, 0.5) is 11.8 Å². The zero-order valence-corrected chi connectivity index (χ0v) is 18.8. The topological polar surface area (TPSA) is 57.0 Å². The number of hydrogen-bond acceptors (Lipinski definition) is 5. The molecule has 0 saturated carbocycles. The van der Waals surface area contributed by atoms with Gasteiger partial charge in [-0.1, -0.05) is 30.3 Å². The lowest BCUT2D eigenvalue weighted by Gasteiger charge is -2.35. The molecule has 1 aromatic carbocycles. The molecule has 1 aliphatic rings. The quantitative estimate of drug-likeness (QED) is 0.457. The Morgan fingerprint density at radius 2 is 1.58 bits per heavy atom. The molecule has 3 aromatic heterocycles. The number of carbonyl (C=O) groups excluding carboxylic acids is 1. The van der Waals surface area contributed by atoms with Gasteiger partial charge in [-0.25, -0.2) is 9.97 Å². The normalized spacial score (nSPS) is 14.0. The number of piperazine rings is 1. The molecule has 0 radical (unpaired) electrons. The summed E-state index contributed by atoms with van der Waals surface area (Å²) >= 11 is 0. The zero-order chi connectivity index (χ0) is 22.6. The van der Waals surface area contributed by atoms with Gasteiger partial charge < -0.3 is 19.1 Å². The van der Waals surface area contributed by atoms with Crippen molar-refractivity contribution in [3.63, 3.8) is 0 Å². The average molecular weight is 441 g/mol. The maximum atomic E-state index is 13.3. The van der Waals surface area contributed by atoms with Crippen LogP contribution in [-0.2, 0) is 6.54 Å². The van der Waals surface area contributed by atoms with Crippen molar-refractivity contribution in [2.45, 2.75) is 13.5 Å². The van der Waals surface area contributed by atoms with Crippen molar-refractivity contribution in [1.29, 1.82) is 0 Å². The Bertz CT molecular complexity index is 1220. The highest BCUT2D eigenvalue weighted by atomic mass is 16.2. The minimum Gasteiger partial charge on any atom is -0.354 e. The van der Waals surface area contributed by atoms with Crippen LogP contribution in [0.1, 0.15) is 22.8 Å². The summed E-state index contributed by atoms with van der Waals surface area (Å²) in [5.74, 6) is 1.94. The Kier molecular flexibility index (Phi) is 5.93. The molecule has 7 nitrogen and oxygen atoms in total. The third-order valence-corrected chi connectivity index (χ3v) is 6.20. The largest absolute Gasteiger partial charge is 0.354 e. The first-order valence-corrected chi connectivity index (χ1v) is 11.4. The van der Waals surface area contributed by atoms with E-state index in [0.29, 0.717) is 18.7 Å². The molecule has 0 atom stereocenters. The van der Waals surface area contributed by atoms with Gasteiger partial charge in [0.1, 0.15) is 5.82 Å². The summed E-state index contributed by atoms with van der Waals surface area (Å²) < 4.78 is 2.14. The van der Waals surface area contributed by atoms with Crippen molar-refractivity contribution in [2.75, 3.05) is 42.5 Å². The smallest absolute Gasteiger partial charge is 0.255 e. The van der Waals surface area contributed by atoms with Crippen LogP contribution in [0.15, 0.2) is 79.3 Å². The summed E-state index contributed by atoms with van der Waals surface area (Å²) in [4.78, 5) is 28.5. The van der Waals surface area contributed by atoms with E-state index >= 15 is 0 Å². The first-order valence-electron chi connectivity index (χ1n) is 11.4. The zero-order valence-electron chi connectivity index (χ0n) is 18.8.